The number of halogens is 1. The van der Waals surface area contributed by atoms with E-state index in [0.717, 1.165) is 16.5 Å². The van der Waals surface area contributed by atoms with Gasteiger partial charge in [0.25, 0.3) is 5.91 Å². The van der Waals surface area contributed by atoms with E-state index in [2.05, 4.69) is 4.98 Å². The van der Waals surface area contributed by atoms with Crippen molar-refractivity contribution in [3.05, 3.63) is 65.9 Å². The lowest BCUT2D eigenvalue weighted by Gasteiger charge is -2.14. The summed E-state index contributed by atoms with van der Waals surface area (Å²) in [7, 11) is 3.37. The number of benzene rings is 2. The zero-order chi connectivity index (χ0) is 20.8. The number of aromatic nitrogens is 1. The molecule has 3 rings (SSSR count). The number of fused-ring (bicyclic) bond motifs is 1. The highest BCUT2D eigenvalue weighted by Gasteiger charge is 2.11. The third kappa shape index (κ3) is 5.27. The summed E-state index contributed by atoms with van der Waals surface area (Å²) in [5.41, 5.74) is 2.43. The van der Waals surface area contributed by atoms with Crippen molar-refractivity contribution in [1.29, 1.82) is 0 Å². The first kappa shape index (κ1) is 20.7. The van der Waals surface area contributed by atoms with Crippen LogP contribution in [0, 0.1) is 0 Å². The van der Waals surface area contributed by atoms with Crippen LogP contribution in [0.15, 0.2) is 54.6 Å². The molecular weight excluding hydrogens is 388 g/mol. The number of carbonyl (C=O) groups is 1. The van der Waals surface area contributed by atoms with Crippen LogP contribution in [0.1, 0.15) is 18.2 Å². The molecule has 1 heterocycles. The second kappa shape index (κ2) is 9.43. The maximum absolute atomic E-state index is 11.8. The summed E-state index contributed by atoms with van der Waals surface area (Å²) in [4.78, 5) is 17.9. The van der Waals surface area contributed by atoms with Crippen LogP contribution < -0.4 is 9.47 Å². The second-order valence-corrected chi connectivity index (χ2v) is 7.00. The number of likely N-dealkylation sites (N-methyl/N-ethyl adjacent to an activating group) is 1. The van der Waals surface area contributed by atoms with E-state index in [1.54, 1.807) is 20.2 Å². The molecule has 5 nitrogen and oxygen atoms in total. The van der Waals surface area contributed by atoms with E-state index in [4.69, 9.17) is 21.1 Å². The molecule has 0 radical (unpaired) electrons. The van der Waals surface area contributed by atoms with E-state index in [1.165, 1.54) is 4.90 Å². The summed E-state index contributed by atoms with van der Waals surface area (Å²) < 4.78 is 11.3. The van der Waals surface area contributed by atoms with Crippen molar-refractivity contribution < 1.29 is 14.3 Å². The molecule has 29 heavy (non-hydrogen) atoms. The summed E-state index contributed by atoms with van der Waals surface area (Å²) in [6.07, 6.45) is 1.83. The highest BCUT2D eigenvalue weighted by Crippen LogP contribution is 2.31. The van der Waals surface area contributed by atoms with Crippen molar-refractivity contribution in [2.45, 2.75) is 6.92 Å². The van der Waals surface area contributed by atoms with Gasteiger partial charge < -0.3 is 14.4 Å². The minimum atomic E-state index is -0.123. The van der Waals surface area contributed by atoms with E-state index in [1.807, 2.05) is 61.5 Å². The number of para-hydroxylation sites is 1. The van der Waals surface area contributed by atoms with Gasteiger partial charge in [0.1, 0.15) is 0 Å². The molecule has 2 aromatic carbocycles. The van der Waals surface area contributed by atoms with Crippen molar-refractivity contribution in [1.82, 2.24) is 9.88 Å². The minimum absolute atomic E-state index is 0.0516. The average molecular weight is 411 g/mol. The Kier molecular flexibility index (Phi) is 6.73. The van der Waals surface area contributed by atoms with Gasteiger partial charge in [-0.3, -0.25) is 4.79 Å². The Morgan fingerprint density at radius 3 is 2.62 bits per heavy atom. The monoisotopic (exact) mass is 410 g/mol. The molecule has 0 spiro atoms. The molecule has 0 fully saturated rings. The fraction of sp³-hybridized carbons (Fsp3) is 0.217. The number of ether oxygens (including phenoxy) is 2. The molecule has 0 saturated heterocycles. The third-order valence-electron chi connectivity index (χ3n) is 4.25. The molecule has 0 aliphatic rings. The molecule has 0 saturated carbocycles. The predicted molar refractivity (Wildman–Crippen MR) is 117 cm³/mol. The van der Waals surface area contributed by atoms with Gasteiger partial charge in [0, 0.05) is 19.5 Å². The van der Waals surface area contributed by atoms with Gasteiger partial charge in [-0.15, -0.1) is 0 Å². The fourth-order valence-electron chi connectivity index (χ4n) is 2.69. The molecule has 0 N–H and O–H groups in total. The van der Waals surface area contributed by atoms with Gasteiger partial charge in [0.05, 0.1) is 22.8 Å². The van der Waals surface area contributed by atoms with Gasteiger partial charge in [0.15, 0.2) is 18.1 Å². The van der Waals surface area contributed by atoms with Crippen molar-refractivity contribution in [3.8, 4) is 11.5 Å². The number of pyridine rings is 1. The van der Waals surface area contributed by atoms with E-state index in [0.29, 0.717) is 28.8 Å². The normalized spacial score (nSPS) is 11.4. The van der Waals surface area contributed by atoms with Gasteiger partial charge >= 0.3 is 0 Å². The van der Waals surface area contributed by atoms with Crippen LogP contribution in [-0.4, -0.2) is 43.1 Å². The van der Waals surface area contributed by atoms with Crippen LogP contribution in [-0.2, 0) is 4.79 Å². The highest BCUT2D eigenvalue weighted by atomic mass is 35.5. The van der Waals surface area contributed by atoms with E-state index < -0.39 is 0 Å². The Bertz CT molecular complexity index is 1050. The smallest absolute Gasteiger partial charge is 0.259 e. The van der Waals surface area contributed by atoms with Crippen LogP contribution in [0.25, 0.3) is 22.0 Å². The zero-order valence-corrected chi connectivity index (χ0v) is 17.4. The molecule has 0 atom stereocenters. The van der Waals surface area contributed by atoms with Crippen molar-refractivity contribution in [2.24, 2.45) is 0 Å². The van der Waals surface area contributed by atoms with Crippen LogP contribution in [0.5, 0.6) is 11.5 Å². The van der Waals surface area contributed by atoms with Gasteiger partial charge in [-0.2, -0.15) is 0 Å². The Morgan fingerprint density at radius 1 is 1.07 bits per heavy atom. The maximum Gasteiger partial charge on any atom is 0.259 e. The maximum atomic E-state index is 11.8. The topological polar surface area (TPSA) is 51.7 Å². The van der Waals surface area contributed by atoms with E-state index in [-0.39, 0.29) is 12.5 Å². The summed E-state index contributed by atoms with van der Waals surface area (Å²) in [5, 5.41) is 1.59. The van der Waals surface area contributed by atoms with Crippen molar-refractivity contribution in [3.63, 3.8) is 0 Å². The molecule has 0 aliphatic carbocycles. The Morgan fingerprint density at radius 2 is 1.86 bits per heavy atom. The lowest BCUT2D eigenvalue weighted by Crippen LogP contribution is -2.27. The Balaban J connectivity index is 1.85. The Labute approximate surface area is 175 Å². The van der Waals surface area contributed by atoms with Crippen molar-refractivity contribution in [2.75, 3.05) is 27.3 Å². The summed E-state index contributed by atoms with van der Waals surface area (Å²) in [6.45, 7) is 2.32. The Hall–Kier alpha value is -3.05. The number of rotatable bonds is 7. The van der Waals surface area contributed by atoms with Crippen LogP contribution in [0.4, 0.5) is 0 Å². The van der Waals surface area contributed by atoms with Crippen molar-refractivity contribution >= 4 is 39.5 Å². The first-order valence-electron chi connectivity index (χ1n) is 9.31. The number of hydrogen-bond acceptors (Lipinski definition) is 4. The lowest BCUT2D eigenvalue weighted by molar-refractivity contribution is -0.130. The predicted octanol–water partition coefficient (Wildman–Crippen LogP) is 4.84. The molecule has 0 aliphatic heterocycles. The van der Waals surface area contributed by atoms with Crippen LogP contribution in [0.3, 0.4) is 0 Å². The lowest BCUT2D eigenvalue weighted by atomic mass is 10.1. The standard InChI is InChI=1S/C23H23ClN2O3/c1-4-28-22-14-16(9-12-21(22)29-15-23(27)26(2)3)13-18(24)20-11-10-17-7-5-6-8-19(17)25-20/h5-14H,4,15H2,1-3H3/b18-13-. The van der Waals surface area contributed by atoms with Gasteiger partial charge in [-0.25, -0.2) is 4.98 Å². The number of hydrogen-bond donors (Lipinski definition) is 0. The largest absolute Gasteiger partial charge is 0.490 e. The number of nitrogens with zero attached hydrogens (tertiary/aromatic N) is 2. The number of carbonyl (C=O) groups excluding carboxylic acids is 1. The molecule has 1 amide bonds. The zero-order valence-electron chi connectivity index (χ0n) is 16.7. The average Bonchev–Trinajstić information content (AvgIpc) is 2.72. The van der Waals surface area contributed by atoms with E-state index >= 15 is 0 Å². The molecular formula is C23H23ClN2O3. The third-order valence-corrected chi connectivity index (χ3v) is 4.56. The molecule has 0 unspecified atom stereocenters. The molecule has 3 aromatic rings. The van der Waals surface area contributed by atoms with Crippen LogP contribution >= 0.6 is 11.6 Å². The molecule has 6 heteroatoms. The first-order chi connectivity index (χ1) is 14.0. The van der Waals surface area contributed by atoms with Gasteiger partial charge in [-0.1, -0.05) is 41.9 Å². The van der Waals surface area contributed by atoms with Gasteiger partial charge in [-0.05, 0) is 42.8 Å². The molecule has 1 aromatic heterocycles. The second-order valence-electron chi connectivity index (χ2n) is 6.60. The quantitative estimate of drug-likeness (QED) is 0.559. The summed E-state index contributed by atoms with van der Waals surface area (Å²) >= 11 is 6.52. The fourth-order valence-corrected chi connectivity index (χ4v) is 2.92. The highest BCUT2D eigenvalue weighted by molar-refractivity contribution is 6.51. The number of amides is 1. The van der Waals surface area contributed by atoms with Crippen LogP contribution in [0.2, 0.25) is 0 Å². The molecule has 150 valence electrons. The van der Waals surface area contributed by atoms with Gasteiger partial charge in [0.2, 0.25) is 0 Å². The molecule has 0 bridgehead atoms. The SMILES string of the molecule is CCOc1cc(/C=C(\Cl)c2ccc3ccccc3n2)ccc1OCC(=O)N(C)C. The summed E-state index contributed by atoms with van der Waals surface area (Å²) in [6, 6.07) is 17.3. The minimum Gasteiger partial charge on any atom is -0.490 e. The van der Waals surface area contributed by atoms with E-state index in [9.17, 15) is 4.79 Å². The first-order valence-corrected chi connectivity index (χ1v) is 9.69. The summed E-state index contributed by atoms with van der Waals surface area (Å²) in [5.74, 6) is 0.949.